The molecule has 8 heteroatoms. The summed E-state index contributed by atoms with van der Waals surface area (Å²) in [5.74, 6) is -3.49. The zero-order valence-electron chi connectivity index (χ0n) is 18.1. The lowest BCUT2D eigenvalue weighted by molar-refractivity contribution is -0.152. The van der Waals surface area contributed by atoms with Gasteiger partial charge in [0.2, 0.25) is 5.83 Å². The van der Waals surface area contributed by atoms with E-state index in [9.17, 15) is 29.6 Å². The highest BCUT2D eigenvalue weighted by Gasteiger charge is 2.78. The Morgan fingerprint density at radius 1 is 1.42 bits per heavy atom. The predicted molar refractivity (Wildman–Crippen MR) is 109 cm³/mol. The van der Waals surface area contributed by atoms with Crippen LogP contribution in [-0.4, -0.2) is 27.2 Å². The van der Waals surface area contributed by atoms with Crippen LogP contribution in [0.2, 0.25) is 0 Å². The lowest BCUT2D eigenvalue weighted by Gasteiger charge is -2.21. The number of terminal acetylenes is 1. The summed E-state index contributed by atoms with van der Waals surface area (Å²) >= 11 is 0. The molecule has 1 aliphatic rings. The van der Waals surface area contributed by atoms with Crippen molar-refractivity contribution in [1.29, 1.82) is 10.5 Å². The lowest BCUT2D eigenvalue weighted by Crippen LogP contribution is -2.28. The number of carbonyl (C=O) groups excluding carboxylic acids is 1. The standard InChI is InChI=1S/C23H24FN3O4/c1-7-8-27-13-14(9-15(27)11-25)16(12-26)23(20(29)30)18(22(23,5)6)10-17(24)19(28)31-21(2,3)4/h1,9-10,13,16,18H,8H2,2-6H3,(H,29,30)/t16-,18-,23+/m0/s1. The Kier molecular flexibility index (Phi) is 6.06. The number of aliphatic carboxylic acids is 1. The molecule has 2 rings (SSSR count). The molecule has 162 valence electrons. The molecule has 1 fully saturated rings. The number of carboxylic acids is 1. The van der Waals surface area contributed by atoms with Gasteiger partial charge < -0.3 is 14.4 Å². The van der Waals surface area contributed by atoms with Crippen molar-refractivity contribution in [3.63, 3.8) is 0 Å². The number of nitriles is 2. The SMILES string of the molecule is C#CCn1cc([C@H](C#N)[C@]2(C(=O)O)[C@@H](C=C(F)C(=O)OC(C)(C)C)C2(C)C)cc1C#N. The molecule has 1 aliphatic carbocycles. The number of carboxylic acid groups (broad SMARTS) is 1. The number of aromatic nitrogens is 1. The fourth-order valence-electron chi connectivity index (χ4n) is 4.25. The van der Waals surface area contributed by atoms with Crippen LogP contribution in [0.25, 0.3) is 0 Å². The molecule has 0 saturated heterocycles. The number of hydrogen-bond donors (Lipinski definition) is 1. The van der Waals surface area contributed by atoms with E-state index in [1.807, 2.05) is 12.1 Å². The van der Waals surface area contributed by atoms with E-state index in [1.54, 1.807) is 34.6 Å². The molecule has 1 N–H and O–H groups in total. The fraction of sp³-hybridized carbons (Fsp3) is 0.478. The molecule has 1 aromatic heterocycles. The third kappa shape index (κ3) is 3.92. The largest absolute Gasteiger partial charge is 0.481 e. The smallest absolute Gasteiger partial charge is 0.367 e. The van der Waals surface area contributed by atoms with Crippen LogP contribution in [0, 0.1) is 51.8 Å². The third-order valence-electron chi connectivity index (χ3n) is 5.72. The molecular formula is C23H24FN3O4. The Morgan fingerprint density at radius 3 is 2.48 bits per heavy atom. The fourth-order valence-corrected chi connectivity index (χ4v) is 4.25. The summed E-state index contributed by atoms with van der Waals surface area (Å²) in [5.41, 5.74) is -3.22. The van der Waals surface area contributed by atoms with Crippen molar-refractivity contribution >= 4 is 11.9 Å². The second-order valence-electron chi connectivity index (χ2n) is 9.05. The topological polar surface area (TPSA) is 116 Å². The van der Waals surface area contributed by atoms with Crippen LogP contribution in [0.5, 0.6) is 0 Å². The number of carbonyl (C=O) groups is 2. The second-order valence-corrected chi connectivity index (χ2v) is 9.05. The number of allylic oxidation sites excluding steroid dienone is 1. The maximum atomic E-state index is 14.6. The van der Waals surface area contributed by atoms with Crippen molar-refractivity contribution in [3.05, 3.63) is 35.4 Å². The van der Waals surface area contributed by atoms with Crippen molar-refractivity contribution in [1.82, 2.24) is 4.57 Å². The first-order chi connectivity index (χ1) is 14.3. The Bertz CT molecular complexity index is 1070. The average Bonchev–Trinajstić information content (AvgIpc) is 2.94. The van der Waals surface area contributed by atoms with Crippen LogP contribution in [0.4, 0.5) is 4.39 Å². The van der Waals surface area contributed by atoms with Gasteiger partial charge in [0.25, 0.3) is 0 Å². The average molecular weight is 425 g/mol. The number of ether oxygens (including phenoxy) is 1. The van der Waals surface area contributed by atoms with E-state index in [0.717, 1.165) is 6.08 Å². The van der Waals surface area contributed by atoms with Gasteiger partial charge in [0.1, 0.15) is 22.8 Å². The summed E-state index contributed by atoms with van der Waals surface area (Å²) in [7, 11) is 0. The Hall–Kier alpha value is -3.57. The van der Waals surface area contributed by atoms with Gasteiger partial charge in [-0.3, -0.25) is 4.79 Å². The van der Waals surface area contributed by atoms with Gasteiger partial charge in [-0.1, -0.05) is 19.8 Å². The Balaban J connectivity index is 2.55. The van der Waals surface area contributed by atoms with Crippen molar-refractivity contribution in [2.75, 3.05) is 0 Å². The van der Waals surface area contributed by atoms with E-state index in [1.165, 1.54) is 16.8 Å². The van der Waals surface area contributed by atoms with Crippen molar-refractivity contribution < 1.29 is 23.8 Å². The molecule has 7 nitrogen and oxygen atoms in total. The second kappa shape index (κ2) is 7.93. The molecule has 1 saturated carbocycles. The van der Waals surface area contributed by atoms with E-state index in [2.05, 4.69) is 5.92 Å². The summed E-state index contributed by atoms with van der Waals surface area (Å²) in [6, 6.07) is 5.38. The first-order valence-corrected chi connectivity index (χ1v) is 9.55. The van der Waals surface area contributed by atoms with Gasteiger partial charge in [-0.2, -0.15) is 14.9 Å². The van der Waals surface area contributed by atoms with Crippen molar-refractivity contribution in [2.24, 2.45) is 16.7 Å². The highest BCUT2D eigenvalue weighted by Crippen LogP contribution is 2.75. The zero-order chi connectivity index (χ0) is 23.8. The van der Waals surface area contributed by atoms with E-state index in [-0.39, 0.29) is 12.2 Å². The van der Waals surface area contributed by atoms with E-state index in [4.69, 9.17) is 11.2 Å². The monoisotopic (exact) mass is 425 g/mol. The number of nitrogens with zero attached hydrogens (tertiary/aromatic N) is 3. The van der Waals surface area contributed by atoms with Gasteiger partial charge in [0.05, 0.1) is 18.5 Å². The molecule has 0 aromatic carbocycles. The molecule has 0 amide bonds. The molecule has 1 aromatic rings. The zero-order valence-corrected chi connectivity index (χ0v) is 18.1. The van der Waals surface area contributed by atoms with Crippen molar-refractivity contribution in [3.8, 4) is 24.5 Å². The van der Waals surface area contributed by atoms with Crippen LogP contribution in [-0.2, 0) is 20.9 Å². The molecule has 0 unspecified atom stereocenters. The van der Waals surface area contributed by atoms with E-state index >= 15 is 0 Å². The molecule has 31 heavy (non-hydrogen) atoms. The van der Waals surface area contributed by atoms with Crippen LogP contribution in [0.15, 0.2) is 24.2 Å². The molecule has 0 radical (unpaired) electrons. The highest BCUT2D eigenvalue weighted by molar-refractivity contribution is 5.88. The van der Waals surface area contributed by atoms with E-state index < -0.39 is 46.0 Å². The first kappa shape index (κ1) is 23.7. The van der Waals surface area contributed by atoms with Crippen LogP contribution < -0.4 is 0 Å². The highest BCUT2D eigenvalue weighted by atomic mass is 19.1. The van der Waals surface area contributed by atoms with Crippen LogP contribution in [0.1, 0.15) is 51.8 Å². The molecule has 0 bridgehead atoms. The first-order valence-electron chi connectivity index (χ1n) is 9.55. The minimum absolute atomic E-state index is 0.0705. The Labute approximate surface area is 180 Å². The maximum absolute atomic E-state index is 14.6. The van der Waals surface area contributed by atoms with E-state index in [0.29, 0.717) is 5.56 Å². The number of hydrogen-bond acceptors (Lipinski definition) is 5. The van der Waals surface area contributed by atoms with Gasteiger partial charge in [0, 0.05) is 12.1 Å². The van der Waals surface area contributed by atoms with Gasteiger partial charge >= 0.3 is 11.9 Å². The predicted octanol–water partition coefficient (Wildman–Crippen LogP) is 3.52. The maximum Gasteiger partial charge on any atom is 0.367 e. The minimum Gasteiger partial charge on any atom is -0.481 e. The third-order valence-corrected chi connectivity index (χ3v) is 5.72. The van der Waals surface area contributed by atoms with Gasteiger partial charge in [-0.25, -0.2) is 4.79 Å². The van der Waals surface area contributed by atoms with Crippen LogP contribution >= 0.6 is 0 Å². The minimum atomic E-state index is -1.71. The number of halogens is 1. The summed E-state index contributed by atoms with van der Waals surface area (Å²) in [5, 5.41) is 29.3. The number of esters is 1. The lowest BCUT2D eigenvalue weighted by atomic mass is 9.79. The number of rotatable bonds is 6. The van der Waals surface area contributed by atoms with Crippen molar-refractivity contribution in [2.45, 2.75) is 52.7 Å². The molecular weight excluding hydrogens is 401 g/mol. The summed E-state index contributed by atoms with van der Waals surface area (Å²) in [6.07, 6.45) is 7.70. The van der Waals surface area contributed by atoms with Gasteiger partial charge in [-0.05, 0) is 43.9 Å². The molecule has 0 spiro atoms. The molecule has 1 heterocycles. The quantitative estimate of drug-likeness (QED) is 0.423. The summed E-state index contributed by atoms with van der Waals surface area (Å²) in [4.78, 5) is 24.5. The molecule has 3 atom stereocenters. The summed E-state index contributed by atoms with van der Waals surface area (Å²) in [6.45, 7) is 8.01. The van der Waals surface area contributed by atoms with Crippen LogP contribution in [0.3, 0.4) is 0 Å². The van der Waals surface area contributed by atoms with Gasteiger partial charge in [0.15, 0.2) is 0 Å². The Morgan fingerprint density at radius 2 is 2.03 bits per heavy atom. The summed E-state index contributed by atoms with van der Waals surface area (Å²) < 4.78 is 21.0. The van der Waals surface area contributed by atoms with Gasteiger partial charge in [-0.15, -0.1) is 6.42 Å². The molecule has 0 aliphatic heterocycles. The normalized spacial score (nSPS) is 23.1.